The van der Waals surface area contributed by atoms with Gasteiger partial charge < -0.3 is 9.15 Å². The normalized spacial score (nSPS) is 10.6. The lowest BCUT2D eigenvalue weighted by molar-refractivity contribution is 0.304. The Morgan fingerprint density at radius 2 is 1.45 bits per heavy atom. The molecule has 0 bridgehead atoms. The van der Waals surface area contributed by atoms with Crippen molar-refractivity contribution in [2.24, 2.45) is 0 Å². The summed E-state index contributed by atoms with van der Waals surface area (Å²) >= 11 is 0. The van der Waals surface area contributed by atoms with Crippen molar-refractivity contribution < 1.29 is 9.15 Å². The monoisotopic (exact) mass is 409 g/mol. The first-order valence-corrected chi connectivity index (χ1v) is 11.0. The maximum atomic E-state index is 5.83. The number of oxazole rings is 1. The lowest BCUT2D eigenvalue weighted by Crippen LogP contribution is -1.97. The standard InChI is InChI=1S/C28H27NO2/c1-2-3-4-5-8-21-30-25-19-15-23(16-20-25)12-11-22-13-17-24(18-14-22)28-29-26-9-6-7-10-27(26)31-28/h6-7,9-10,13-20H,2-5,8,21H2,1H3. The van der Waals surface area contributed by atoms with Crippen molar-refractivity contribution >= 4 is 11.1 Å². The molecule has 0 unspecified atom stereocenters. The number of rotatable bonds is 8. The highest BCUT2D eigenvalue weighted by atomic mass is 16.5. The maximum absolute atomic E-state index is 5.83. The van der Waals surface area contributed by atoms with Gasteiger partial charge in [-0.25, -0.2) is 4.98 Å². The van der Waals surface area contributed by atoms with Gasteiger partial charge in [0.25, 0.3) is 0 Å². The van der Waals surface area contributed by atoms with E-state index in [1.807, 2.05) is 72.8 Å². The summed E-state index contributed by atoms with van der Waals surface area (Å²) in [7, 11) is 0. The lowest BCUT2D eigenvalue weighted by Gasteiger charge is -2.05. The Morgan fingerprint density at radius 3 is 2.16 bits per heavy atom. The van der Waals surface area contributed by atoms with Crippen molar-refractivity contribution in [3.8, 4) is 29.0 Å². The molecule has 3 heteroatoms. The second-order valence-electron chi connectivity index (χ2n) is 7.60. The number of hydrogen-bond acceptors (Lipinski definition) is 3. The summed E-state index contributed by atoms with van der Waals surface area (Å²) in [5, 5.41) is 0. The third kappa shape index (κ3) is 5.77. The Balaban J connectivity index is 1.33. The van der Waals surface area contributed by atoms with E-state index in [1.165, 1.54) is 25.7 Å². The summed E-state index contributed by atoms with van der Waals surface area (Å²) < 4.78 is 11.6. The zero-order valence-electron chi connectivity index (χ0n) is 17.9. The molecule has 0 aliphatic rings. The molecule has 0 amide bonds. The molecule has 1 heterocycles. The largest absolute Gasteiger partial charge is 0.494 e. The molecule has 156 valence electrons. The fraction of sp³-hybridized carbons (Fsp3) is 0.250. The van der Waals surface area contributed by atoms with Crippen LogP contribution in [0.5, 0.6) is 5.75 Å². The van der Waals surface area contributed by atoms with Gasteiger partial charge in [-0.1, -0.05) is 56.6 Å². The second kappa shape index (κ2) is 10.5. The highest BCUT2D eigenvalue weighted by molar-refractivity contribution is 5.76. The van der Waals surface area contributed by atoms with Crippen LogP contribution in [-0.2, 0) is 0 Å². The van der Waals surface area contributed by atoms with Crippen LogP contribution >= 0.6 is 0 Å². The van der Waals surface area contributed by atoms with Crippen molar-refractivity contribution in [3.63, 3.8) is 0 Å². The molecule has 0 saturated heterocycles. The first-order chi connectivity index (χ1) is 15.3. The van der Waals surface area contributed by atoms with E-state index in [1.54, 1.807) is 0 Å². The van der Waals surface area contributed by atoms with Crippen LogP contribution in [0.15, 0.2) is 77.2 Å². The Hall–Kier alpha value is -3.51. The van der Waals surface area contributed by atoms with Crippen LogP contribution in [0.2, 0.25) is 0 Å². The van der Waals surface area contributed by atoms with Gasteiger partial charge in [-0.3, -0.25) is 0 Å². The number of hydrogen-bond donors (Lipinski definition) is 0. The molecule has 0 spiro atoms. The summed E-state index contributed by atoms with van der Waals surface area (Å²) in [4.78, 5) is 4.54. The molecule has 0 fully saturated rings. The predicted molar refractivity (Wildman–Crippen MR) is 126 cm³/mol. The van der Waals surface area contributed by atoms with Gasteiger partial charge in [-0.05, 0) is 67.1 Å². The van der Waals surface area contributed by atoms with Crippen LogP contribution in [0.1, 0.15) is 50.2 Å². The fourth-order valence-electron chi connectivity index (χ4n) is 3.37. The summed E-state index contributed by atoms with van der Waals surface area (Å²) in [5.41, 5.74) is 4.53. The number of ether oxygens (including phenoxy) is 1. The molecule has 0 radical (unpaired) electrons. The molecular weight excluding hydrogens is 382 g/mol. The van der Waals surface area contributed by atoms with E-state index in [2.05, 4.69) is 23.7 Å². The minimum absolute atomic E-state index is 0.627. The number of benzene rings is 3. The summed E-state index contributed by atoms with van der Waals surface area (Å²) in [6.07, 6.45) is 6.23. The first kappa shape index (κ1) is 20.8. The van der Waals surface area contributed by atoms with E-state index < -0.39 is 0 Å². The average Bonchev–Trinajstić information content (AvgIpc) is 3.25. The molecular formula is C28H27NO2. The highest BCUT2D eigenvalue weighted by Crippen LogP contribution is 2.24. The van der Waals surface area contributed by atoms with Crippen LogP contribution in [0.3, 0.4) is 0 Å². The van der Waals surface area contributed by atoms with E-state index in [9.17, 15) is 0 Å². The molecule has 4 rings (SSSR count). The smallest absolute Gasteiger partial charge is 0.227 e. The van der Waals surface area contributed by atoms with Crippen LogP contribution in [-0.4, -0.2) is 11.6 Å². The van der Waals surface area contributed by atoms with Gasteiger partial charge in [0.2, 0.25) is 5.89 Å². The minimum atomic E-state index is 0.627. The minimum Gasteiger partial charge on any atom is -0.494 e. The van der Waals surface area contributed by atoms with Gasteiger partial charge in [0, 0.05) is 16.7 Å². The maximum Gasteiger partial charge on any atom is 0.227 e. The van der Waals surface area contributed by atoms with Crippen LogP contribution in [0, 0.1) is 11.8 Å². The van der Waals surface area contributed by atoms with Gasteiger partial charge in [-0.2, -0.15) is 0 Å². The third-order valence-electron chi connectivity index (χ3n) is 5.15. The van der Waals surface area contributed by atoms with Crippen LogP contribution in [0.25, 0.3) is 22.6 Å². The first-order valence-electron chi connectivity index (χ1n) is 11.0. The molecule has 3 nitrogen and oxygen atoms in total. The molecule has 1 aromatic heterocycles. The average molecular weight is 410 g/mol. The summed E-state index contributed by atoms with van der Waals surface area (Å²) in [6.45, 7) is 3.01. The zero-order valence-corrected chi connectivity index (χ0v) is 17.9. The number of para-hydroxylation sites is 2. The summed E-state index contributed by atoms with van der Waals surface area (Å²) in [5.74, 6) is 7.96. The van der Waals surface area contributed by atoms with Crippen molar-refractivity contribution in [1.82, 2.24) is 4.98 Å². The van der Waals surface area contributed by atoms with E-state index in [0.29, 0.717) is 5.89 Å². The second-order valence-corrected chi connectivity index (χ2v) is 7.60. The van der Waals surface area contributed by atoms with Crippen molar-refractivity contribution in [1.29, 1.82) is 0 Å². The quantitative estimate of drug-likeness (QED) is 0.227. The van der Waals surface area contributed by atoms with E-state index in [4.69, 9.17) is 9.15 Å². The van der Waals surface area contributed by atoms with E-state index in [0.717, 1.165) is 46.6 Å². The number of aromatic nitrogens is 1. The Morgan fingerprint density at radius 1 is 0.774 bits per heavy atom. The molecule has 0 N–H and O–H groups in total. The Bertz CT molecular complexity index is 1130. The van der Waals surface area contributed by atoms with Crippen molar-refractivity contribution in [2.45, 2.75) is 39.0 Å². The Kier molecular flexibility index (Phi) is 7.03. The van der Waals surface area contributed by atoms with Crippen LogP contribution in [0.4, 0.5) is 0 Å². The van der Waals surface area contributed by atoms with Crippen molar-refractivity contribution in [2.75, 3.05) is 6.61 Å². The van der Waals surface area contributed by atoms with Crippen molar-refractivity contribution in [3.05, 3.63) is 83.9 Å². The molecule has 0 saturated carbocycles. The van der Waals surface area contributed by atoms with Gasteiger partial charge >= 0.3 is 0 Å². The molecule has 3 aromatic carbocycles. The lowest BCUT2D eigenvalue weighted by atomic mass is 10.1. The van der Waals surface area contributed by atoms with Gasteiger partial charge in [0.1, 0.15) is 11.3 Å². The molecule has 0 atom stereocenters. The third-order valence-corrected chi connectivity index (χ3v) is 5.15. The topological polar surface area (TPSA) is 35.3 Å². The SMILES string of the molecule is CCCCCCCOc1ccc(C#Cc2ccc(-c3nc4ccccc4o3)cc2)cc1. The predicted octanol–water partition coefficient (Wildman–Crippen LogP) is 7.24. The number of nitrogens with zero attached hydrogens (tertiary/aromatic N) is 1. The van der Waals surface area contributed by atoms with Gasteiger partial charge in [0.15, 0.2) is 5.58 Å². The molecule has 31 heavy (non-hydrogen) atoms. The molecule has 0 aliphatic carbocycles. The number of fused-ring (bicyclic) bond motifs is 1. The van der Waals surface area contributed by atoms with E-state index >= 15 is 0 Å². The molecule has 0 aliphatic heterocycles. The highest BCUT2D eigenvalue weighted by Gasteiger charge is 2.07. The fourth-order valence-corrected chi connectivity index (χ4v) is 3.37. The zero-order chi connectivity index (χ0) is 21.3. The van der Waals surface area contributed by atoms with Gasteiger partial charge in [0.05, 0.1) is 6.61 Å². The Labute approximate surface area is 184 Å². The van der Waals surface area contributed by atoms with Crippen LogP contribution < -0.4 is 4.74 Å². The summed E-state index contributed by atoms with van der Waals surface area (Å²) in [6, 6.07) is 23.8. The van der Waals surface area contributed by atoms with E-state index in [-0.39, 0.29) is 0 Å². The number of unbranched alkanes of at least 4 members (excludes halogenated alkanes) is 4. The molecule has 4 aromatic rings. The van der Waals surface area contributed by atoms with Gasteiger partial charge in [-0.15, -0.1) is 0 Å².